The first-order chi connectivity index (χ1) is 7.63. The molecule has 1 aromatic rings. The average molecular weight is 220 g/mol. The molecular formula is C13H20N2O. The van der Waals surface area contributed by atoms with Gasteiger partial charge < -0.3 is 10.2 Å². The topological polar surface area (TPSA) is 32.3 Å². The standard InChI is InChI=1S/C13H20N2O/c1-4-8-14-13(16)15(3)10-12-7-5-6-11(2)9-12/h5-7,9H,4,8,10H2,1-3H3,(H,14,16). The van der Waals surface area contributed by atoms with E-state index in [2.05, 4.69) is 24.4 Å². The molecule has 0 unspecified atom stereocenters. The minimum atomic E-state index is -0.0108. The Balaban J connectivity index is 2.50. The van der Waals surface area contributed by atoms with E-state index in [-0.39, 0.29) is 6.03 Å². The third-order valence-electron chi connectivity index (χ3n) is 2.38. The van der Waals surface area contributed by atoms with Crippen LogP contribution in [0.15, 0.2) is 24.3 Å². The van der Waals surface area contributed by atoms with Crippen molar-refractivity contribution in [2.45, 2.75) is 26.8 Å². The monoisotopic (exact) mass is 220 g/mol. The second-order valence-corrected chi connectivity index (χ2v) is 4.08. The molecule has 0 fully saturated rings. The van der Waals surface area contributed by atoms with Crippen molar-refractivity contribution in [3.8, 4) is 0 Å². The zero-order chi connectivity index (χ0) is 12.0. The number of carbonyl (C=O) groups is 1. The Kier molecular flexibility index (Phi) is 4.83. The molecule has 0 bridgehead atoms. The smallest absolute Gasteiger partial charge is 0.317 e. The highest BCUT2D eigenvalue weighted by atomic mass is 16.2. The molecule has 88 valence electrons. The number of nitrogens with one attached hydrogen (secondary N) is 1. The van der Waals surface area contributed by atoms with Crippen LogP contribution in [0.1, 0.15) is 24.5 Å². The Labute approximate surface area is 97.5 Å². The molecule has 3 nitrogen and oxygen atoms in total. The van der Waals surface area contributed by atoms with E-state index in [1.54, 1.807) is 4.90 Å². The second-order valence-electron chi connectivity index (χ2n) is 4.08. The van der Waals surface area contributed by atoms with Gasteiger partial charge in [0.05, 0.1) is 0 Å². The average Bonchev–Trinajstić information content (AvgIpc) is 2.25. The second kappa shape index (κ2) is 6.16. The van der Waals surface area contributed by atoms with Crippen molar-refractivity contribution in [3.05, 3.63) is 35.4 Å². The van der Waals surface area contributed by atoms with Gasteiger partial charge in [-0.15, -0.1) is 0 Å². The number of hydrogen-bond acceptors (Lipinski definition) is 1. The van der Waals surface area contributed by atoms with Crippen molar-refractivity contribution >= 4 is 6.03 Å². The Bertz CT molecular complexity index is 350. The summed E-state index contributed by atoms with van der Waals surface area (Å²) in [4.78, 5) is 13.3. The maximum absolute atomic E-state index is 11.6. The summed E-state index contributed by atoms with van der Waals surface area (Å²) in [5.41, 5.74) is 2.38. The van der Waals surface area contributed by atoms with Gasteiger partial charge in [0.25, 0.3) is 0 Å². The molecule has 0 spiro atoms. The Morgan fingerprint density at radius 2 is 2.19 bits per heavy atom. The van der Waals surface area contributed by atoms with Crippen molar-refractivity contribution < 1.29 is 4.79 Å². The molecule has 0 atom stereocenters. The summed E-state index contributed by atoms with van der Waals surface area (Å²) in [6.45, 7) is 5.48. The minimum Gasteiger partial charge on any atom is -0.338 e. The maximum Gasteiger partial charge on any atom is 0.317 e. The largest absolute Gasteiger partial charge is 0.338 e. The number of amides is 2. The van der Waals surface area contributed by atoms with E-state index >= 15 is 0 Å². The van der Waals surface area contributed by atoms with Crippen molar-refractivity contribution in [1.82, 2.24) is 10.2 Å². The third-order valence-corrected chi connectivity index (χ3v) is 2.38. The molecule has 0 saturated heterocycles. The zero-order valence-electron chi connectivity index (χ0n) is 10.3. The molecular weight excluding hydrogens is 200 g/mol. The number of rotatable bonds is 4. The first-order valence-electron chi connectivity index (χ1n) is 5.68. The van der Waals surface area contributed by atoms with Gasteiger partial charge in [0.15, 0.2) is 0 Å². The maximum atomic E-state index is 11.6. The van der Waals surface area contributed by atoms with Crippen LogP contribution in [0.2, 0.25) is 0 Å². The Morgan fingerprint density at radius 1 is 1.44 bits per heavy atom. The Morgan fingerprint density at radius 3 is 2.81 bits per heavy atom. The summed E-state index contributed by atoms with van der Waals surface area (Å²) in [6, 6.07) is 8.20. The number of hydrogen-bond donors (Lipinski definition) is 1. The summed E-state index contributed by atoms with van der Waals surface area (Å²) >= 11 is 0. The fourth-order valence-electron chi connectivity index (χ4n) is 1.52. The third kappa shape index (κ3) is 3.93. The van der Waals surface area contributed by atoms with Crippen LogP contribution in [0.4, 0.5) is 4.79 Å². The highest BCUT2D eigenvalue weighted by molar-refractivity contribution is 5.73. The summed E-state index contributed by atoms with van der Waals surface area (Å²) in [6.07, 6.45) is 0.962. The highest BCUT2D eigenvalue weighted by Gasteiger charge is 2.07. The molecule has 0 aliphatic rings. The van der Waals surface area contributed by atoms with Gasteiger partial charge >= 0.3 is 6.03 Å². The van der Waals surface area contributed by atoms with Crippen LogP contribution in [0, 0.1) is 6.92 Å². The molecule has 16 heavy (non-hydrogen) atoms. The fraction of sp³-hybridized carbons (Fsp3) is 0.462. The van der Waals surface area contributed by atoms with Gasteiger partial charge in [-0.05, 0) is 18.9 Å². The Hall–Kier alpha value is -1.51. The number of carbonyl (C=O) groups excluding carboxylic acids is 1. The van der Waals surface area contributed by atoms with Gasteiger partial charge in [0, 0.05) is 20.1 Å². The summed E-state index contributed by atoms with van der Waals surface area (Å²) in [5, 5.41) is 2.85. The molecule has 1 aromatic carbocycles. The predicted octanol–water partition coefficient (Wildman–Crippen LogP) is 2.55. The quantitative estimate of drug-likeness (QED) is 0.831. The van der Waals surface area contributed by atoms with Crippen molar-refractivity contribution in [2.75, 3.05) is 13.6 Å². The molecule has 0 aromatic heterocycles. The lowest BCUT2D eigenvalue weighted by Gasteiger charge is -2.18. The van der Waals surface area contributed by atoms with E-state index in [0.29, 0.717) is 6.54 Å². The van der Waals surface area contributed by atoms with E-state index < -0.39 is 0 Å². The first-order valence-corrected chi connectivity index (χ1v) is 5.68. The summed E-state index contributed by atoms with van der Waals surface area (Å²) in [5.74, 6) is 0. The molecule has 2 amide bonds. The van der Waals surface area contributed by atoms with Gasteiger partial charge in [-0.25, -0.2) is 4.79 Å². The van der Waals surface area contributed by atoms with E-state index in [9.17, 15) is 4.79 Å². The van der Waals surface area contributed by atoms with Crippen LogP contribution >= 0.6 is 0 Å². The summed E-state index contributed by atoms with van der Waals surface area (Å²) in [7, 11) is 1.81. The number of aryl methyl sites for hydroxylation is 1. The van der Waals surface area contributed by atoms with Gasteiger partial charge in [0.2, 0.25) is 0 Å². The molecule has 0 radical (unpaired) electrons. The van der Waals surface area contributed by atoms with Crippen LogP contribution in [-0.4, -0.2) is 24.5 Å². The van der Waals surface area contributed by atoms with Gasteiger partial charge in [0.1, 0.15) is 0 Å². The van der Waals surface area contributed by atoms with Crippen LogP contribution in [0.5, 0.6) is 0 Å². The number of urea groups is 1. The minimum absolute atomic E-state index is 0.0108. The highest BCUT2D eigenvalue weighted by Crippen LogP contribution is 2.06. The van der Waals surface area contributed by atoms with Crippen molar-refractivity contribution in [1.29, 1.82) is 0 Å². The molecule has 3 heteroatoms. The molecule has 0 heterocycles. The number of benzene rings is 1. The van der Waals surface area contributed by atoms with Crippen LogP contribution in [0.3, 0.4) is 0 Å². The summed E-state index contributed by atoms with van der Waals surface area (Å²) < 4.78 is 0. The van der Waals surface area contributed by atoms with E-state index in [1.165, 1.54) is 5.56 Å². The van der Waals surface area contributed by atoms with Crippen LogP contribution in [0.25, 0.3) is 0 Å². The predicted molar refractivity (Wildman–Crippen MR) is 66.3 cm³/mol. The molecule has 1 N–H and O–H groups in total. The lowest BCUT2D eigenvalue weighted by molar-refractivity contribution is 0.207. The zero-order valence-corrected chi connectivity index (χ0v) is 10.3. The molecule has 0 aliphatic heterocycles. The van der Waals surface area contributed by atoms with Gasteiger partial charge in [-0.3, -0.25) is 0 Å². The molecule has 1 rings (SSSR count). The van der Waals surface area contributed by atoms with E-state index in [1.807, 2.05) is 26.1 Å². The number of nitrogens with zero attached hydrogens (tertiary/aromatic N) is 1. The SMILES string of the molecule is CCCNC(=O)N(C)Cc1cccc(C)c1. The molecule has 0 saturated carbocycles. The normalized spacial score (nSPS) is 9.94. The first kappa shape index (κ1) is 12.6. The molecule has 0 aliphatic carbocycles. The van der Waals surface area contributed by atoms with E-state index in [0.717, 1.165) is 18.5 Å². The van der Waals surface area contributed by atoms with Crippen molar-refractivity contribution in [2.24, 2.45) is 0 Å². The lowest BCUT2D eigenvalue weighted by Crippen LogP contribution is -2.37. The van der Waals surface area contributed by atoms with Crippen LogP contribution < -0.4 is 5.32 Å². The lowest BCUT2D eigenvalue weighted by atomic mass is 10.1. The van der Waals surface area contributed by atoms with Crippen molar-refractivity contribution in [3.63, 3.8) is 0 Å². The fourth-order valence-corrected chi connectivity index (χ4v) is 1.52. The van der Waals surface area contributed by atoms with Gasteiger partial charge in [-0.2, -0.15) is 0 Å². The van der Waals surface area contributed by atoms with Gasteiger partial charge in [-0.1, -0.05) is 36.8 Å². The van der Waals surface area contributed by atoms with Crippen LogP contribution in [-0.2, 0) is 6.54 Å². The van der Waals surface area contributed by atoms with E-state index in [4.69, 9.17) is 0 Å².